The first-order valence-corrected chi connectivity index (χ1v) is 6.56. The molecule has 2 heteroatoms. The second-order valence-corrected chi connectivity index (χ2v) is 4.76. The van der Waals surface area contributed by atoms with E-state index < -0.39 is 0 Å². The van der Waals surface area contributed by atoms with Crippen molar-refractivity contribution in [3.8, 4) is 0 Å². The summed E-state index contributed by atoms with van der Waals surface area (Å²) in [6.45, 7) is 5.54. The van der Waals surface area contributed by atoms with Gasteiger partial charge in [-0.2, -0.15) is 0 Å². The average Bonchev–Trinajstić information content (AvgIpc) is 2.25. The first kappa shape index (κ1) is 12.7. The van der Waals surface area contributed by atoms with Crippen molar-refractivity contribution in [3.05, 3.63) is 34.3 Å². The van der Waals surface area contributed by atoms with Gasteiger partial charge in [-0.25, -0.2) is 0 Å². The van der Waals surface area contributed by atoms with Crippen molar-refractivity contribution in [2.45, 2.75) is 39.2 Å². The lowest BCUT2D eigenvalue weighted by Gasteiger charge is -2.18. The first-order chi connectivity index (χ1) is 7.27. The van der Waals surface area contributed by atoms with Crippen molar-refractivity contribution in [1.82, 2.24) is 5.32 Å². The predicted molar refractivity (Wildman–Crippen MR) is 70.1 cm³/mol. The zero-order valence-corrected chi connectivity index (χ0v) is 11.2. The molecule has 0 aliphatic heterocycles. The maximum Gasteiger partial charge on any atom is 0.0320 e. The summed E-state index contributed by atoms with van der Waals surface area (Å²) >= 11 is 3.47. The minimum absolute atomic E-state index is 0.517. The number of halogens is 1. The zero-order chi connectivity index (χ0) is 11.1. The van der Waals surface area contributed by atoms with Crippen LogP contribution in [0.25, 0.3) is 0 Å². The molecule has 1 aromatic rings. The highest BCUT2D eigenvalue weighted by Crippen LogP contribution is 2.20. The monoisotopic (exact) mass is 269 g/mol. The Morgan fingerprint density at radius 2 is 1.80 bits per heavy atom. The molecule has 0 radical (unpaired) electrons. The lowest BCUT2D eigenvalue weighted by molar-refractivity contribution is 0.494. The molecule has 15 heavy (non-hydrogen) atoms. The van der Waals surface area contributed by atoms with E-state index in [2.05, 4.69) is 59.4 Å². The van der Waals surface area contributed by atoms with E-state index in [1.54, 1.807) is 0 Å². The quantitative estimate of drug-likeness (QED) is 0.813. The maximum atomic E-state index is 3.59. The minimum Gasteiger partial charge on any atom is -0.310 e. The maximum absolute atomic E-state index is 3.59. The Balaban J connectivity index is 2.65. The van der Waals surface area contributed by atoms with Crippen LogP contribution in [0, 0.1) is 0 Å². The molecule has 1 aromatic carbocycles. The van der Waals surface area contributed by atoms with Gasteiger partial charge in [-0.1, -0.05) is 48.3 Å². The molecule has 0 saturated heterocycles. The molecule has 84 valence electrons. The SMILES string of the molecule is CCCNC(CCC)c1ccc(Br)cc1. The molecule has 0 bridgehead atoms. The number of rotatable bonds is 6. The summed E-state index contributed by atoms with van der Waals surface area (Å²) in [6, 6.07) is 9.15. The highest BCUT2D eigenvalue weighted by molar-refractivity contribution is 9.10. The van der Waals surface area contributed by atoms with Crippen LogP contribution in [0.2, 0.25) is 0 Å². The van der Waals surface area contributed by atoms with E-state index in [4.69, 9.17) is 0 Å². The Morgan fingerprint density at radius 1 is 1.13 bits per heavy atom. The summed E-state index contributed by atoms with van der Waals surface area (Å²) in [6.07, 6.45) is 3.62. The fraction of sp³-hybridized carbons (Fsp3) is 0.538. The van der Waals surface area contributed by atoms with E-state index in [0.29, 0.717) is 6.04 Å². The van der Waals surface area contributed by atoms with E-state index in [9.17, 15) is 0 Å². The molecule has 0 aliphatic carbocycles. The largest absolute Gasteiger partial charge is 0.310 e. The number of benzene rings is 1. The van der Waals surface area contributed by atoms with Crippen LogP contribution in [0.5, 0.6) is 0 Å². The van der Waals surface area contributed by atoms with E-state index in [1.165, 1.54) is 24.8 Å². The van der Waals surface area contributed by atoms with Gasteiger partial charge in [0.2, 0.25) is 0 Å². The van der Waals surface area contributed by atoms with Gasteiger partial charge < -0.3 is 5.32 Å². The molecule has 0 spiro atoms. The number of nitrogens with one attached hydrogen (secondary N) is 1. The average molecular weight is 270 g/mol. The van der Waals surface area contributed by atoms with Crippen LogP contribution in [0.3, 0.4) is 0 Å². The van der Waals surface area contributed by atoms with Crippen molar-refractivity contribution >= 4 is 15.9 Å². The van der Waals surface area contributed by atoms with Crippen LogP contribution in [0.1, 0.15) is 44.7 Å². The molecule has 0 saturated carbocycles. The molecule has 1 unspecified atom stereocenters. The zero-order valence-electron chi connectivity index (χ0n) is 9.59. The topological polar surface area (TPSA) is 12.0 Å². The van der Waals surface area contributed by atoms with Crippen molar-refractivity contribution in [2.75, 3.05) is 6.54 Å². The van der Waals surface area contributed by atoms with Gasteiger partial charge in [0.25, 0.3) is 0 Å². The predicted octanol–water partition coefficient (Wildman–Crippen LogP) is 4.29. The fourth-order valence-corrected chi connectivity index (χ4v) is 1.95. The van der Waals surface area contributed by atoms with E-state index in [0.717, 1.165) is 11.0 Å². The van der Waals surface area contributed by atoms with Gasteiger partial charge in [-0.05, 0) is 37.1 Å². The molecule has 1 rings (SSSR count). The third-order valence-corrected chi connectivity index (χ3v) is 3.02. The fourth-order valence-electron chi connectivity index (χ4n) is 1.69. The van der Waals surface area contributed by atoms with Crippen LogP contribution in [0.4, 0.5) is 0 Å². The molecule has 1 atom stereocenters. The molecule has 0 amide bonds. The van der Waals surface area contributed by atoms with Gasteiger partial charge in [0.1, 0.15) is 0 Å². The molecular formula is C13H20BrN. The molecule has 0 aromatic heterocycles. The number of hydrogen-bond donors (Lipinski definition) is 1. The third kappa shape index (κ3) is 4.35. The van der Waals surface area contributed by atoms with Crippen LogP contribution in [-0.2, 0) is 0 Å². The van der Waals surface area contributed by atoms with Gasteiger partial charge in [0, 0.05) is 10.5 Å². The second-order valence-electron chi connectivity index (χ2n) is 3.85. The van der Waals surface area contributed by atoms with Crippen LogP contribution >= 0.6 is 15.9 Å². The summed E-state index contributed by atoms with van der Waals surface area (Å²) in [5, 5.41) is 3.59. The van der Waals surface area contributed by atoms with Crippen molar-refractivity contribution in [1.29, 1.82) is 0 Å². The van der Waals surface area contributed by atoms with Crippen LogP contribution in [-0.4, -0.2) is 6.54 Å². The minimum atomic E-state index is 0.517. The van der Waals surface area contributed by atoms with Crippen molar-refractivity contribution < 1.29 is 0 Å². The third-order valence-electron chi connectivity index (χ3n) is 2.49. The molecule has 1 N–H and O–H groups in total. The Labute approximate surface area is 101 Å². The van der Waals surface area contributed by atoms with Gasteiger partial charge in [-0.3, -0.25) is 0 Å². The van der Waals surface area contributed by atoms with Gasteiger partial charge in [-0.15, -0.1) is 0 Å². The summed E-state index contributed by atoms with van der Waals surface area (Å²) in [5.41, 5.74) is 1.40. The van der Waals surface area contributed by atoms with E-state index in [-0.39, 0.29) is 0 Å². The lowest BCUT2D eigenvalue weighted by atomic mass is 10.0. The standard InChI is InChI=1S/C13H20BrN/c1-3-5-13(15-10-4-2)11-6-8-12(14)9-7-11/h6-9,13,15H,3-5,10H2,1-2H3. The smallest absolute Gasteiger partial charge is 0.0320 e. The molecule has 1 nitrogen and oxygen atoms in total. The Morgan fingerprint density at radius 3 is 2.33 bits per heavy atom. The normalized spacial score (nSPS) is 12.7. The summed E-state index contributed by atoms with van der Waals surface area (Å²) < 4.78 is 1.15. The van der Waals surface area contributed by atoms with E-state index in [1.807, 2.05) is 0 Å². The summed E-state index contributed by atoms with van der Waals surface area (Å²) in [4.78, 5) is 0. The summed E-state index contributed by atoms with van der Waals surface area (Å²) in [7, 11) is 0. The highest BCUT2D eigenvalue weighted by atomic mass is 79.9. The number of hydrogen-bond acceptors (Lipinski definition) is 1. The molecule has 0 fully saturated rings. The molecule has 0 aliphatic rings. The second kappa shape index (κ2) is 7.02. The van der Waals surface area contributed by atoms with Crippen molar-refractivity contribution in [3.63, 3.8) is 0 Å². The van der Waals surface area contributed by atoms with E-state index >= 15 is 0 Å². The van der Waals surface area contributed by atoms with Crippen LogP contribution < -0.4 is 5.32 Å². The Kier molecular flexibility index (Phi) is 5.96. The van der Waals surface area contributed by atoms with Gasteiger partial charge in [0.05, 0.1) is 0 Å². The lowest BCUT2D eigenvalue weighted by Crippen LogP contribution is -2.21. The van der Waals surface area contributed by atoms with Crippen molar-refractivity contribution in [2.24, 2.45) is 0 Å². The van der Waals surface area contributed by atoms with Crippen LogP contribution in [0.15, 0.2) is 28.7 Å². The first-order valence-electron chi connectivity index (χ1n) is 5.76. The Bertz CT molecular complexity index is 268. The summed E-state index contributed by atoms with van der Waals surface area (Å²) in [5.74, 6) is 0. The van der Waals surface area contributed by atoms with Gasteiger partial charge in [0.15, 0.2) is 0 Å². The van der Waals surface area contributed by atoms with Gasteiger partial charge >= 0.3 is 0 Å². The highest BCUT2D eigenvalue weighted by Gasteiger charge is 2.08. The molecule has 0 heterocycles. The molecular weight excluding hydrogens is 250 g/mol. The Hall–Kier alpha value is -0.340.